The van der Waals surface area contributed by atoms with Gasteiger partial charge in [-0.2, -0.15) is 4.99 Å². The summed E-state index contributed by atoms with van der Waals surface area (Å²) >= 11 is 3.22. The second-order valence-corrected chi connectivity index (χ2v) is 6.40. The van der Waals surface area contributed by atoms with Gasteiger partial charge in [0, 0.05) is 6.42 Å². The van der Waals surface area contributed by atoms with Crippen LogP contribution >= 0.6 is 15.9 Å². The molecular formula is C10H16BrN3O5. The van der Waals surface area contributed by atoms with Crippen LogP contribution in [-0.4, -0.2) is 67.7 Å². The van der Waals surface area contributed by atoms with Crippen LogP contribution in [0.15, 0.2) is 4.99 Å². The molecule has 0 bridgehead atoms. The van der Waals surface area contributed by atoms with Gasteiger partial charge in [0.05, 0.1) is 12.7 Å². The summed E-state index contributed by atoms with van der Waals surface area (Å²) in [6.45, 7) is 1.21. The highest BCUT2D eigenvalue weighted by Crippen LogP contribution is 2.34. The number of hydrogen-bond donors (Lipinski definition) is 4. The van der Waals surface area contributed by atoms with Crippen molar-refractivity contribution in [2.75, 3.05) is 6.61 Å². The maximum Gasteiger partial charge on any atom is 0.349 e. The van der Waals surface area contributed by atoms with E-state index in [2.05, 4.69) is 20.9 Å². The molecule has 0 saturated carbocycles. The van der Waals surface area contributed by atoms with Gasteiger partial charge < -0.3 is 25.8 Å². The molecule has 1 fully saturated rings. The van der Waals surface area contributed by atoms with Crippen molar-refractivity contribution >= 4 is 27.8 Å². The van der Waals surface area contributed by atoms with Crippen LogP contribution in [0.2, 0.25) is 0 Å². The Hall–Kier alpha value is -0.740. The van der Waals surface area contributed by atoms with E-state index in [1.54, 1.807) is 6.92 Å². The van der Waals surface area contributed by atoms with E-state index in [0.717, 1.165) is 4.90 Å². The number of aliphatic hydroxyl groups is 3. The van der Waals surface area contributed by atoms with Crippen LogP contribution in [-0.2, 0) is 4.74 Å². The second-order valence-electron chi connectivity index (χ2n) is 4.75. The fourth-order valence-electron chi connectivity index (χ4n) is 2.10. The molecule has 5 atom stereocenters. The highest BCUT2D eigenvalue weighted by atomic mass is 79.9. The molecule has 0 unspecified atom stereocenters. The van der Waals surface area contributed by atoms with Gasteiger partial charge in [0.15, 0.2) is 6.23 Å². The zero-order valence-corrected chi connectivity index (χ0v) is 11.8. The molecule has 0 aromatic rings. The van der Waals surface area contributed by atoms with Crippen LogP contribution in [0.5, 0.6) is 0 Å². The number of amidine groups is 1. The minimum atomic E-state index is -1.29. The number of carbonyl (C=O) groups excluding carboxylic acids is 1. The number of aliphatic hydroxyl groups excluding tert-OH is 3. The molecule has 2 amide bonds. The Morgan fingerprint density at radius 3 is 2.79 bits per heavy atom. The van der Waals surface area contributed by atoms with Gasteiger partial charge >= 0.3 is 6.03 Å². The van der Waals surface area contributed by atoms with Crippen molar-refractivity contribution < 1.29 is 24.9 Å². The summed E-state index contributed by atoms with van der Waals surface area (Å²) in [6.07, 6.45) is -3.74. The number of amides is 2. The lowest BCUT2D eigenvalue weighted by molar-refractivity contribution is -0.113. The predicted octanol–water partition coefficient (Wildman–Crippen LogP) is -1.28. The number of urea groups is 1. The van der Waals surface area contributed by atoms with E-state index in [1.807, 2.05) is 0 Å². The first-order valence-electron chi connectivity index (χ1n) is 5.77. The quantitative estimate of drug-likeness (QED) is 0.464. The normalized spacial score (nSPS) is 43.5. The zero-order chi connectivity index (χ0) is 14.4. The van der Waals surface area contributed by atoms with Crippen molar-refractivity contribution in [3.8, 4) is 0 Å². The summed E-state index contributed by atoms with van der Waals surface area (Å²) < 4.78 is 4.26. The third-order valence-corrected chi connectivity index (χ3v) is 4.20. The number of nitrogens with zero attached hydrogens (tertiary/aromatic N) is 2. The first-order chi connectivity index (χ1) is 8.78. The number of halogens is 1. The number of carbonyl (C=O) groups is 1. The second kappa shape index (κ2) is 4.98. The SMILES string of the molecule is C[C@]1(Br)C(N)=NC(=O)N([C@H]2C[C@H](O)[C@@H](CO)O2)[C@@H]1O. The fourth-order valence-corrected chi connectivity index (χ4v) is 2.41. The van der Waals surface area contributed by atoms with Crippen molar-refractivity contribution in [1.82, 2.24) is 4.90 Å². The predicted molar refractivity (Wildman–Crippen MR) is 68.6 cm³/mol. The molecule has 2 rings (SSSR count). The standard InChI is InChI=1S/C10H16BrN3O5/c1-10(11)7(12)13-9(18)14(8(10)17)6-2-4(16)5(3-15)19-6/h4-6,8,15-17H,2-3H2,1H3,(H2,12,13,18)/t4-,5+,6+,8+,10-/m0/s1. The largest absolute Gasteiger partial charge is 0.394 e. The van der Waals surface area contributed by atoms with Crippen molar-refractivity contribution in [2.45, 2.75) is 42.3 Å². The van der Waals surface area contributed by atoms with Crippen molar-refractivity contribution in [1.29, 1.82) is 0 Å². The zero-order valence-electron chi connectivity index (χ0n) is 10.2. The maximum absolute atomic E-state index is 11.8. The number of aliphatic imine (C=N–C) groups is 1. The van der Waals surface area contributed by atoms with E-state index in [0.29, 0.717) is 0 Å². The van der Waals surface area contributed by atoms with Gasteiger partial charge in [-0.05, 0) is 6.92 Å². The van der Waals surface area contributed by atoms with Crippen LogP contribution in [0, 0.1) is 0 Å². The minimum absolute atomic E-state index is 0.0292. The molecule has 1 saturated heterocycles. The van der Waals surface area contributed by atoms with Crippen molar-refractivity contribution in [3.05, 3.63) is 0 Å². The Morgan fingerprint density at radius 2 is 2.26 bits per heavy atom. The van der Waals surface area contributed by atoms with Gasteiger partial charge in [-0.15, -0.1) is 0 Å². The van der Waals surface area contributed by atoms with E-state index >= 15 is 0 Å². The monoisotopic (exact) mass is 337 g/mol. The molecular weight excluding hydrogens is 322 g/mol. The van der Waals surface area contributed by atoms with Gasteiger partial charge in [-0.3, -0.25) is 4.90 Å². The van der Waals surface area contributed by atoms with E-state index < -0.39 is 35.0 Å². The number of rotatable bonds is 2. The first-order valence-corrected chi connectivity index (χ1v) is 6.56. The van der Waals surface area contributed by atoms with E-state index in [-0.39, 0.29) is 18.9 Å². The Bertz CT molecular complexity index is 416. The molecule has 19 heavy (non-hydrogen) atoms. The number of hydrogen-bond acceptors (Lipinski definition) is 6. The molecule has 0 aliphatic carbocycles. The summed E-state index contributed by atoms with van der Waals surface area (Å²) in [4.78, 5) is 16.5. The molecule has 5 N–H and O–H groups in total. The summed E-state index contributed by atoms with van der Waals surface area (Å²) in [5.74, 6) is -0.0292. The summed E-state index contributed by atoms with van der Waals surface area (Å²) in [5.41, 5.74) is 5.60. The van der Waals surface area contributed by atoms with Crippen LogP contribution in [0.4, 0.5) is 4.79 Å². The van der Waals surface area contributed by atoms with Gasteiger partial charge in [-0.1, -0.05) is 15.9 Å². The molecule has 2 aliphatic rings. The van der Waals surface area contributed by atoms with Crippen molar-refractivity contribution in [3.63, 3.8) is 0 Å². The maximum atomic E-state index is 11.8. The van der Waals surface area contributed by atoms with Gasteiger partial charge in [0.2, 0.25) is 0 Å². The first kappa shape index (κ1) is 14.7. The van der Waals surface area contributed by atoms with E-state index in [1.165, 1.54) is 0 Å². The molecule has 108 valence electrons. The summed E-state index contributed by atoms with van der Waals surface area (Å²) in [7, 11) is 0. The average Bonchev–Trinajstić information content (AvgIpc) is 2.68. The highest BCUT2D eigenvalue weighted by Gasteiger charge is 2.50. The Balaban J connectivity index is 2.24. The molecule has 2 heterocycles. The van der Waals surface area contributed by atoms with Gasteiger partial charge in [0.1, 0.15) is 22.5 Å². The molecule has 2 aliphatic heterocycles. The van der Waals surface area contributed by atoms with E-state index in [9.17, 15) is 15.0 Å². The fraction of sp³-hybridized carbons (Fsp3) is 0.800. The number of ether oxygens (including phenoxy) is 1. The molecule has 0 spiro atoms. The van der Waals surface area contributed by atoms with Gasteiger partial charge in [-0.25, -0.2) is 4.79 Å². The molecule has 0 radical (unpaired) electrons. The average molecular weight is 338 g/mol. The summed E-state index contributed by atoms with van der Waals surface area (Å²) in [6, 6.07) is -0.738. The molecule has 0 aromatic heterocycles. The number of nitrogens with two attached hydrogens (primary N) is 1. The van der Waals surface area contributed by atoms with Crippen LogP contribution in [0.25, 0.3) is 0 Å². The van der Waals surface area contributed by atoms with Crippen molar-refractivity contribution in [2.24, 2.45) is 10.7 Å². The number of alkyl halides is 1. The van der Waals surface area contributed by atoms with Gasteiger partial charge in [0.25, 0.3) is 0 Å². The Kier molecular flexibility index (Phi) is 3.85. The lowest BCUT2D eigenvalue weighted by Gasteiger charge is -2.41. The third-order valence-electron chi connectivity index (χ3n) is 3.38. The highest BCUT2D eigenvalue weighted by molar-refractivity contribution is 9.10. The lowest BCUT2D eigenvalue weighted by Crippen LogP contribution is -2.62. The summed E-state index contributed by atoms with van der Waals surface area (Å²) in [5, 5.41) is 28.9. The smallest absolute Gasteiger partial charge is 0.349 e. The molecule has 8 nitrogen and oxygen atoms in total. The topological polar surface area (TPSA) is 129 Å². The van der Waals surface area contributed by atoms with Crippen LogP contribution in [0.3, 0.4) is 0 Å². The van der Waals surface area contributed by atoms with Crippen LogP contribution < -0.4 is 5.73 Å². The minimum Gasteiger partial charge on any atom is -0.394 e. The molecule has 0 aromatic carbocycles. The lowest BCUT2D eigenvalue weighted by atomic mass is 10.1. The Morgan fingerprint density at radius 1 is 1.63 bits per heavy atom. The van der Waals surface area contributed by atoms with Crippen LogP contribution in [0.1, 0.15) is 13.3 Å². The third kappa shape index (κ3) is 2.36. The molecule has 9 heteroatoms. The van der Waals surface area contributed by atoms with E-state index in [4.69, 9.17) is 15.6 Å². The Labute approximate surface area is 118 Å².